The third-order valence-electron chi connectivity index (χ3n) is 4.90. The number of piperidine rings is 1. The van der Waals surface area contributed by atoms with Crippen LogP contribution in [0, 0.1) is 11.3 Å². The molecule has 152 valence electrons. The fraction of sp³-hybridized carbons (Fsp3) is 0.348. The van der Waals surface area contributed by atoms with Gasteiger partial charge in [-0.05, 0) is 67.4 Å². The highest BCUT2D eigenvalue weighted by Crippen LogP contribution is 2.27. The van der Waals surface area contributed by atoms with Gasteiger partial charge >= 0.3 is 0 Å². The predicted molar refractivity (Wildman–Crippen MR) is 118 cm³/mol. The van der Waals surface area contributed by atoms with Gasteiger partial charge in [-0.3, -0.25) is 0 Å². The molecule has 1 saturated heterocycles. The molecule has 0 amide bonds. The minimum absolute atomic E-state index is 0.262. The van der Waals surface area contributed by atoms with E-state index in [1.165, 1.54) is 19.3 Å². The number of halogens is 2. The summed E-state index contributed by atoms with van der Waals surface area (Å²) in [6.07, 6.45) is 4.97. The minimum Gasteiger partial charge on any atom is -0.491 e. The molecule has 1 aliphatic rings. The highest BCUT2D eigenvalue weighted by molar-refractivity contribution is 6.42. The molecule has 0 bridgehead atoms. The molecule has 0 aliphatic carbocycles. The van der Waals surface area contributed by atoms with Crippen molar-refractivity contribution in [2.45, 2.75) is 25.4 Å². The summed E-state index contributed by atoms with van der Waals surface area (Å²) < 4.78 is 5.71. The van der Waals surface area contributed by atoms with Crippen LogP contribution in [0.5, 0.6) is 5.75 Å². The first kappa shape index (κ1) is 21.7. The van der Waals surface area contributed by atoms with Gasteiger partial charge in [-0.15, -0.1) is 0 Å². The number of aliphatic hydroxyl groups excluding tert-OH is 1. The third-order valence-corrected chi connectivity index (χ3v) is 5.64. The molecule has 3 rings (SSSR count). The van der Waals surface area contributed by atoms with Gasteiger partial charge in [0.15, 0.2) is 0 Å². The zero-order valence-corrected chi connectivity index (χ0v) is 17.7. The lowest BCUT2D eigenvalue weighted by atomic mass is 10.0. The number of hydrogen-bond acceptors (Lipinski definition) is 4. The second-order valence-corrected chi connectivity index (χ2v) is 8.01. The van der Waals surface area contributed by atoms with Crippen LogP contribution in [0.3, 0.4) is 0 Å². The van der Waals surface area contributed by atoms with Gasteiger partial charge in [0.2, 0.25) is 0 Å². The predicted octanol–water partition coefficient (Wildman–Crippen LogP) is 5.28. The number of likely N-dealkylation sites (tertiary alicyclic amines) is 1. The molecule has 1 heterocycles. The lowest BCUT2D eigenvalue weighted by Gasteiger charge is -2.28. The molecular formula is C23H24Cl2N2O2. The summed E-state index contributed by atoms with van der Waals surface area (Å²) in [6.45, 7) is 3.02. The first-order valence-corrected chi connectivity index (χ1v) is 10.5. The highest BCUT2D eigenvalue weighted by Gasteiger charge is 2.15. The summed E-state index contributed by atoms with van der Waals surface area (Å²) >= 11 is 12.0. The number of ether oxygens (including phenoxy) is 1. The normalized spacial score (nSPS) is 16.3. The number of nitriles is 1. The van der Waals surface area contributed by atoms with Gasteiger partial charge < -0.3 is 14.7 Å². The van der Waals surface area contributed by atoms with Gasteiger partial charge in [-0.2, -0.15) is 5.26 Å². The first-order valence-electron chi connectivity index (χ1n) is 9.75. The Kier molecular flexibility index (Phi) is 7.97. The van der Waals surface area contributed by atoms with Crippen LogP contribution in [-0.2, 0) is 0 Å². The first-order chi connectivity index (χ1) is 14.0. The number of nitrogens with zero attached hydrogens (tertiary/aromatic N) is 2. The number of benzene rings is 2. The molecule has 0 radical (unpaired) electrons. The molecule has 1 atom stereocenters. The van der Waals surface area contributed by atoms with E-state index in [1.54, 1.807) is 24.3 Å². The quantitative estimate of drug-likeness (QED) is 0.479. The van der Waals surface area contributed by atoms with Crippen molar-refractivity contribution in [3.8, 4) is 11.8 Å². The zero-order valence-electron chi connectivity index (χ0n) is 16.2. The van der Waals surface area contributed by atoms with E-state index < -0.39 is 6.10 Å². The summed E-state index contributed by atoms with van der Waals surface area (Å²) in [5, 5.41) is 20.6. The van der Waals surface area contributed by atoms with Crippen LogP contribution < -0.4 is 4.74 Å². The van der Waals surface area contributed by atoms with Crippen molar-refractivity contribution in [2.24, 2.45) is 0 Å². The lowest BCUT2D eigenvalue weighted by molar-refractivity contribution is 0.0617. The summed E-state index contributed by atoms with van der Waals surface area (Å²) in [7, 11) is 0. The Bertz CT molecular complexity index is 885. The Labute approximate surface area is 181 Å². The second-order valence-electron chi connectivity index (χ2n) is 7.19. The monoisotopic (exact) mass is 430 g/mol. The molecular weight excluding hydrogens is 407 g/mol. The van der Waals surface area contributed by atoms with E-state index in [2.05, 4.69) is 11.0 Å². The van der Waals surface area contributed by atoms with Gasteiger partial charge in [-0.1, -0.05) is 47.8 Å². The maximum atomic E-state index is 10.2. The van der Waals surface area contributed by atoms with Gasteiger partial charge in [0, 0.05) is 6.54 Å². The van der Waals surface area contributed by atoms with E-state index in [1.807, 2.05) is 24.3 Å². The summed E-state index contributed by atoms with van der Waals surface area (Å²) in [5.74, 6) is 0.688. The number of rotatable bonds is 7. The molecule has 0 saturated carbocycles. The molecule has 6 heteroatoms. The Morgan fingerprint density at radius 1 is 1.10 bits per heavy atom. The standard InChI is InChI=1S/C23H24Cl2N2O2/c24-22-9-6-18(13-23(22)25)19(14-26)12-17-4-7-21(8-5-17)29-16-20(28)15-27-10-2-1-3-11-27/h4-9,12-13,20,28H,1-3,10-11,15-16H2/b19-12+. The van der Waals surface area contributed by atoms with E-state index in [-0.39, 0.29) is 6.61 Å². The SMILES string of the molecule is N#C/C(=C\c1ccc(OCC(O)CN2CCCCC2)cc1)c1ccc(Cl)c(Cl)c1. The van der Waals surface area contributed by atoms with E-state index >= 15 is 0 Å². The van der Waals surface area contributed by atoms with Crippen LogP contribution in [0.25, 0.3) is 11.6 Å². The Balaban J connectivity index is 1.58. The summed E-state index contributed by atoms with van der Waals surface area (Å²) in [6, 6.07) is 14.7. The third kappa shape index (κ3) is 6.48. The van der Waals surface area contributed by atoms with Crippen LogP contribution in [-0.4, -0.2) is 42.4 Å². The van der Waals surface area contributed by atoms with Crippen molar-refractivity contribution < 1.29 is 9.84 Å². The highest BCUT2D eigenvalue weighted by atomic mass is 35.5. The second kappa shape index (κ2) is 10.7. The van der Waals surface area contributed by atoms with E-state index in [9.17, 15) is 10.4 Å². The number of hydrogen-bond donors (Lipinski definition) is 1. The maximum Gasteiger partial charge on any atom is 0.119 e. The largest absolute Gasteiger partial charge is 0.491 e. The topological polar surface area (TPSA) is 56.5 Å². The molecule has 2 aromatic carbocycles. The van der Waals surface area contributed by atoms with Crippen LogP contribution in [0.4, 0.5) is 0 Å². The molecule has 1 fully saturated rings. The smallest absolute Gasteiger partial charge is 0.119 e. The van der Waals surface area contributed by atoms with E-state index in [0.717, 1.165) is 18.7 Å². The average Bonchev–Trinajstić information content (AvgIpc) is 2.74. The molecule has 1 N–H and O–H groups in total. The average molecular weight is 431 g/mol. The Morgan fingerprint density at radius 3 is 2.48 bits per heavy atom. The number of β-amino-alcohol motifs (C(OH)–C–C–N with tert-alkyl or cyclic N) is 1. The maximum absolute atomic E-state index is 10.2. The molecule has 0 aromatic heterocycles. The van der Waals surface area contributed by atoms with Crippen molar-refractivity contribution in [2.75, 3.05) is 26.2 Å². The molecule has 0 spiro atoms. The van der Waals surface area contributed by atoms with Crippen LogP contribution in [0.1, 0.15) is 30.4 Å². The zero-order chi connectivity index (χ0) is 20.6. The van der Waals surface area contributed by atoms with Crippen molar-refractivity contribution in [3.63, 3.8) is 0 Å². The van der Waals surface area contributed by atoms with Crippen molar-refractivity contribution >= 4 is 34.9 Å². The van der Waals surface area contributed by atoms with Crippen molar-refractivity contribution in [1.82, 2.24) is 4.90 Å². The lowest BCUT2D eigenvalue weighted by Crippen LogP contribution is -2.38. The molecule has 1 aliphatic heterocycles. The Morgan fingerprint density at radius 2 is 1.83 bits per heavy atom. The van der Waals surface area contributed by atoms with Gasteiger partial charge in [-0.25, -0.2) is 0 Å². The van der Waals surface area contributed by atoms with Gasteiger partial charge in [0.25, 0.3) is 0 Å². The van der Waals surface area contributed by atoms with Crippen LogP contribution >= 0.6 is 23.2 Å². The minimum atomic E-state index is -0.507. The Hall–Kier alpha value is -2.03. The van der Waals surface area contributed by atoms with Crippen LogP contribution in [0.15, 0.2) is 42.5 Å². The van der Waals surface area contributed by atoms with Gasteiger partial charge in [0.1, 0.15) is 18.5 Å². The fourth-order valence-electron chi connectivity index (χ4n) is 3.36. The molecule has 29 heavy (non-hydrogen) atoms. The van der Waals surface area contributed by atoms with Crippen LogP contribution in [0.2, 0.25) is 10.0 Å². The number of allylic oxidation sites excluding steroid dienone is 1. The fourth-order valence-corrected chi connectivity index (χ4v) is 3.65. The molecule has 4 nitrogen and oxygen atoms in total. The van der Waals surface area contributed by atoms with Crippen molar-refractivity contribution in [3.05, 3.63) is 63.6 Å². The van der Waals surface area contributed by atoms with Gasteiger partial charge in [0.05, 0.1) is 21.7 Å². The summed E-state index contributed by atoms with van der Waals surface area (Å²) in [5.41, 5.74) is 2.08. The molecule has 1 unspecified atom stereocenters. The van der Waals surface area contributed by atoms with E-state index in [4.69, 9.17) is 27.9 Å². The number of aliphatic hydroxyl groups is 1. The summed E-state index contributed by atoms with van der Waals surface area (Å²) in [4.78, 5) is 2.29. The molecule has 2 aromatic rings. The van der Waals surface area contributed by atoms with Crippen molar-refractivity contribution in [1.29, 1.82) is 5.26 Å². The van der Waals surface area contributed by atoms with E-state index in [0.29, 0.717) is 33.5 Å².